The van der Waals surface area contributed by atoms with Crippen molar-refractivity contribution in [2.24, 2.45) is 0 Å². The van der Waals surface area contributed by atoms with Gasteiger partial charge >= 0.3 is 0 Å². The molecule has 0 amide bonds. The number of hydrogen-bond donors (Lipinski definition) is 1. The van der Waals surface area contributed by atoms with Crippen LogP contribution in [0.2, 0.25) is 5.02 Å². The van der Waals surface area contributed by atoms with Crippen LogP contribution < -0.4 is 5.32 Å². The lowest BCUT2D eigenvalue weighted by Crippen LogP contribution is -1.94. The molecule has 2 aromatic carbocycles. The summed E-state index contributed by atoms with van der Waals surface area (Å²) < 4.78 is 5.01. The third kappa shape index (κ3) is 3.05. The van der Waals surface area contributed by atoms with Crippen LogP contribution in [-0.4, -0.2) is 5.16 Å². The van der Waals surface area contributed by atoms with Crippen LogP contribution in [0.25, 0.3) is 11.1 Å². The summed E-state index contributed by atoms with van der Waals surface area (Å²) in [4.78, 5) is 0. The standard InChI is InChI=1S/C18H14ClN3O/c1-11-3-4-13(16-10-23-22-12(16)2)7-18(11)21-15-6-5-14(9-20)17(19)8-15/h3-8,10,21H,1-2H3. The van der Waals surface area contributed by atoms with Gasteiger partial charge in [0.2, 0.25) is 0 Å². The molecule has 3 rings (SSSR count). The maximum absolute atomic E-state index is 8.94. The number of nitrogens with zero attached hydrogens (tertiary/aromatic N) is 2. The Morgan fingerprint density at radius 3 is 2.65 bits per heavy atom. The Labute approximate surface area is 139 Å². The summed E-state index contributed by atoms with van der Waals surface area (Å²) in [7, 11) is 0. The highest BCUT2D eigenvalue weighted by atomic mass is 35.5. The zero-order chi connectivity index (χ0) is 16.4. The van der Waals surface area contributed by atoms with E-state index in [0.717, 1.165) is 33.8 Å². The number of nitriles is 1. The molecule has 0 unspecified atom stereocenters. The normalized spacial score (nSPS) is 10.3. The van der Waals surface area contributed by atoms with Gasteiger partial charge in [-0.3, -0.25) is 0 Å². The number of hydrogen-bond acceptors (Lipinski definition) is 4. The maximum Gasteiger partial charge on any atom is 0.131 e. The van der Waals surface area contributed by atoms with Crippen molar-refractivity contribution in [1.82, 2.24) is 5.16 Å². The van der Waals surface area contributed by atoms with Crippen molar-refractivity contribution in [3.63, 3.8) is 0 Å². The predicted molar refractivity (Wildman–Crippen MR) is 90.9 cm³/mol. The first-order chi connectivity index (χ1) is 11.1. The Kier molecular flexibility index (Phi) is 4.05. The molecule has 0 bridgehead atoms. The van der Waals surface area contributed by atoms with Gasteiger partial charge in [-0.15, -0.1) is 0 Å². The lowest BCUT2D eigenvalue weighted by molar-refractivity contribution is 0.415. The highest BCUT2D eigenvalue weighted by Crippen LogP contribution is 2.30. The molecule has 0 saturated heterocycles. The van der Waals surface area contributed by atoms with Crippen molar-refractivity contribution in [2.45, 2.75) is 13.8 Å². The topological polar surface area (TPSA) is 61.9 Å². The number of aryl methyl sites for hydroxylation is 2. The van der Waals surface area contributed by atoms with E-state index in [1.54, 1.807) is 18.4 Å². The quantitative estimate of drug-likeness (QED) is 0.717. The molecule has 0 aliphatic heterocycles. The Balaban J connectivity index is 1.96. The highest BCUT2D eigenvalue weighted by Gasteiger charge is 2.09. The smallest absolute Gasteiger partial charge is 0.131 e. The first kappa shape index (κ1) is 15.1. The number of halogens is 1. The van der Waals surface area contributed by atoms with Gasteiger partial charge in [0.1, 0.15) is 12.3 Å². The van der Waals surface area contributed by atoms with Crippen molar-refractivity contribution in [1.29, 1.82) is 5.26 Å². The van der Waals surface area contributed by atoms with E-state index in [0.29, 0.717) is 10.6 Å². The van der Waals surface area contributed by atoms with E-state index in [4.69, 9.17) is 21.4 Å². The predicted octanol–water partition coefficient (Wildman–Crippen LogP) is 5.23. The first-order valence-electron chi connectivity index (χ1n) is 7.07. The summed E-state index contributed by atoms with van der Waals surface area (Å²) in [6, 6.07) is 13.5. The second-order valence-corrected chi connectivity index (χ2v) is 5.68. The van der Waals surface area contributed by atoms with Gasteiger partial charge in [-0.25, -0.2) is 0 Å². The molecule has 4 nitrogen and oxygen atoms in total. The van der Waals surface area contributed by atoms with Crippen LogP contribution in [0.5, 0.6) is 0 Å². The van der Waals surface area contributed by atoms with Crippen molar-refractivity contribution < 1.29 is 4.52 Å². The average molecular weight is 324 g/mol. The van der Waals surface area contributed by atoms with Gasteiger partial charge in [0.15, 0.2) is 0 Å². The van der Waals surface area contributed by atoms with E-state index in [-0.39, 0.29) is 0 Å². The molecule has 0 fully saturated rings. The second kappa shape index (κ2) is 6.15. The van der Waals surface area contributed by atoms with Gasteiger partial charge in [-0.05, 0) is 49.2 Å². The van der Waals surface area contributed by atoms with Gasteiger partial charge < -0.3 is 9.84 Å². The Morgan fingerprint density at radius 1 is 1.17 bits per heavy atom. The van der Waals surface area contributed by atoms with Crippen LogP contribution in [-0.2, 0) is 0 Å². The van der Waals surface area contributed by atoms with Crippen LogP contribution in [0, 0.1) is 25.2 Å². The average Bonchev–Trinajstić information content (AvgIpc) is 2.96. The monoisotopic (exact) mass is 323 g/mol. The van der Waals surface area contributed by atoms with Crippen LogP contribution >= 0.6 is 11.6 Å². The molecule has 3 aromatic rings. The van der Waals surface area contributed by atoms with Crippen molar-refractivity contribution in [3.05, 3.63) is 64.5 Å². The number of rotatable bonds is 3. The summed E-state index contributed by atoms with van der Waals surface area (Å²) in [6.07, 6.45) is 1.64. The summed E-state index contributed by atoms with van der Waals surface area (Å²) in [6.45, 7) is 3.93. The zero-order valence-electron chi connectivity index (χ0n) is 12.7. The molecule has 0 aliphatic carbocycles. The van der Waals surface area contributed by atoms with Gasteiger partial charge in [-0.1, -0.05) is 28.9 Å². The number of anilines is 2. The fourth-order valence-corrected chi connectivity index (χ4v) is 2.56. The van der Waals surface area contributed by atoms with E-state index >= 15 is 0 Å². The molecule has 0 saturated carbocycles. The number of benzene rings is 2. The van der Waals surface area contributed by atoms with E-state index in [9.17, 15) is 0 Å². The Bertz CT molecular complexity index is 909. The molecule has 5 heteroatoms. The van der Waals surface area contributed by atoms with Crippen molar-refractivity contribution in [2.75, 3.05) is 5.32 Å². The Hall–Kier alpha value is -2.77. The summed E-state index contributed by atoms with van der Waals surface area (Å²) in [5.74, 6) is 0. The molecule has 1 N–H and O–H groups in total. The minimum absolute atomic E-state index is 0.432. The van der Waals surface area contributed by atoms with Crippen LogP contribution in [0.1, 0.15) is 16.8 Å². The lowest BCUT2D eigenvalue weighted by atomic mass is 10.0. The SMILES string of the molecule is Cc1ccc(-c2conc2C)cc1Nc1ccc(C#N)c(Cl)c1. The second-order valence-electron chi connectivity index (χ2n) is 5.27. The summed E-state index contributed by atoms with van der Waals surface area (Å²) in [5.41, 5.74) is 6.19. The van der Waals surface area contributed by atoms with Crippen LogP contribution in [0.3, 0.4) is 0 Å². The van der Waals surface area contributed by atoms with E-state index in [1.807, 2.05) is 38.1 Å². The summed E-state index contributed by atoms with van der Waals surface area (Å²) >= 11 is 6.09. The van der Waals surface area contributed by atoms with Crippen LogP contribution in [0.4, 0.5) is 11.4 Å². The van der Waals surface area contributed by atoms with Gasteiger partial charge in [0, 0.05) is 16.9 Å². The molecular formula is C18H14ClN3O. The fourth-order valence-electron chi connectivity index (χ4n) is 2.33. The van der Waals surface area contributed by atoms with Gasteiger partial charge in [0.25, 0.3) is 0 Å². The van der Waals surface area contributed by atoms with E-state index in [2.05, 4.69) is 16.5 Å². The van der Waals surface area contributed by atoms with Crippen LogP contribution in [0.15, 0.2) is 47.2 Å². The minimum Gasteiger partial charge on any atom is -0.364 e. The lowest BCUT2D eigenvalue weighted by Gasteiger charge is -2.12. The van der Waals surface area contributed by atoms with Gasteiger partial charge in [0.05, 0.1) is 16.3 Å². The van der Waals surface area contributed by atoms with Crippen molar-refractivity contribution >= 4 is 23.0 Å². The van der Waals surface area contributed by atoms with E-state index < -0.39 is 0 Å². The third-order valence-electron chi connectivity index (χ3n) is 3.67. The van der Waals surface area contributed by atoms with E-state index in [1.165, 1.54) is 0 Å². The largest absolute Gasteiger partial charge is 0.364 e. The molecular weight excluding hydrogens is 310 g/mol. The molecule has 0 atom stereocenters. The third-order valence-corrected chi connectivity index (χ3v) is 3.98. The van der Waals surface area contributed by atoms with Crippen molar-refractivity contribution in [3.8, 4) is 17.2 Å². The molecule has 1 aromatic heterocycles. The molecule has 0 aliphatic rings. The molecule has 0 spiro atoms. The number of nitrogens with one attached hydrogen (secondary N) is 1. The highest BCUT2D eigenvalue weighted by molar-refractivity contribution is 6.32. The fraction of sp³-hybridized carbons (Fsp3) is 0.111. The first-order valence-corrected chi connectivity index (χ1v) is 7.45. The molecule has 1 heterocycles. The molecule has 23 heavy (non-hydrogen) atoms. The number of aromatic nitrogens is 1. The maximum atomic E-state index is 8.94. The zero-order valence-corrected chi connectivity index (χ0v) is 13.5. The Morgan fingerprint density at radius 2 is 2.00 bits per heavy atom. The molecule has 114 valence electrons. The minimum atomic E-state index is 0.432. The molecule has 0 radical (unpaired) electrons. The summed E-state index contributed by atoms with van der Waals surface area (Å²) in [5, 5.41) is 16.6. The van der Waals surface area contributed by atoms with Gasteiger partial charge in [-0.2, -0.15) is 5.26 Å².